The lowest BCUT2D eigenvalue weighted by Gasteiger charge is -2.28. The first kappa shape index (κ1) is 22.5. The molecule has 0 aliphatic heterocycles. The standard InChI is InChI=1S/C25H25F2N3O3/c1-30(18-5-8-20(9-6-18)33-25(26)27)19-7-10-21-16(13-19)3-2-4-17(21)14-29-23-15-28-12-11-22(23)24(31)32/h5-13,15,17,25,29H,2-4,14H2,1H3,(H,31,32)/t17-/m0/s1. The van der Waals surface area contributed by atoms with Gasteiger partial charge in [-0.3, -0.25) is 4.98 Å². The summed E-state index contributed by atoms with van der Waals surface area (Å²) in [7, 11) is 1.93. The minimum atomic E-state index is -2.84. The summed E-state index contributed by atoms with van der Waals surface area (Å²) >= 11 is 0. The predicted octanol–water partition coefficient (Wildman–Crippen LogP) is 5.68. The van der Waals surface area contributed by atoms with Gasteiger partial charge in [0.25, 0.3) is 0 Å². The van der Waals surface area contributed by atoms with Gasteiger partial charge < -0.3 is 20.1 Å². The van der Waals surface area contributed by atoms with E-state index in [4.69, 9.17) is 0 Å². The van der Waals surface area contributed by atoms with Crippen molar-refractivity contribution in [3.63, 3.8) is 0 Å². The van der Waals surface area contributed by atoms with Crippen LogP contribution in [0, 0.1) is 0 Å². The maximum atomic E-state index is 12.4. The molecule has 172 valence electrons. The maximum Gasteiger partial charge on any atom is 0.387 e. The average molecular weight is 453 g/mol. The fourth-order valence-corrected chi connectivity index (χ4v) is 4.28. The van der Waals surface area contributed by atoms with E-state index < -0.39 is 12.6 Å². The number of carboxylic acid groups (broad SMARTS) is 1. The van der Waals surface area contributed by atoms with Crippen LogP contribution >= 0.6 is 0 Å². The highest BCUT2D eigenvalue weighted by atomic mass is 19.3. The van der Waals surface area contributed by atoms with E-state index in [0.29, 0.717) is 12.2 Å². The number of alkyl halides is 2. The van der Waals surface area contributed by atoms with Crippen LogP contribution in [0.15, 0.2) is 60.9 Å². The number of ether oxygens (including phenoxy) is 1. The van der Waals surface area contributed by atoms with E-state index in [-0.39, 0.29) is 17.2 Å². The quantitative estimate of drug-likeness (QED) is 0.457. The Bertz CT molecular complexity index is 1120. The zero-order valence-electron chi connectivity index (χ0n) is 18.2. The normalized spacial score (nSPS) is 15.1. The molecule has 3 aromatic rings. The molecular weight excluding hydrogens is 428 g/mol. The first-order valence-electron chi connectivity index (χ1n) is 10.7. The molecule has 0 saturated heterocycles. The number of aromatic nitrogens is 1. The van der Waals surface area contributed by atoms with Gasteiger partial charge in [0.15, 0.2) is 0 Å². The van der Waals surface area contributed by atoms with Crippen LogP contribution in [0.3, 0.4) is 0 Å². The van der Waals surface area contributed by atoms with Crippen molar-refractivity contribution in [1.29, 1.82) is 0 Å². The van der Waals surface area contributed by atoms with Crippen LogP contribution in [0.1, 0.15) is 40.2 Å². The lowest BCUT2D eigenvalue weighted by atomic mass is 9.82. The van der Waals surface area contributed by atoms with E-state index in [1.165, 1.54) is 35.5 Å². The molecule has 2 aromatic carbocycles. The summed E-state index contributed by atoms with van der Waals surface area (Å²) in [5.41, 5.74) is 5.12. The van der Waals surface area contributed by atoms with E-state index in [9.17, 15) is 18.7 Å². The van der Waals surface area contributed by atoms with Crippen molar-refractivity contribution < 1.29 is 23.4 Å². The Morgan fingerprint density at radius 1 is 1.21 bits per heavy atom. The van der Waals surface area contributed by atoms with Crippen molar-refractivity contribution in [2.75, 3.05) is 23.8 Å². The number of rotatable bonds is 8. The van der Waals surface area contributed by atoms with Crippen LogP contribution in [-0.2, 0) is 6.42 Å². The monoisotopic (exact) mass is 453 g/mol. The number of anilines is 3. The molecule has 0 fully saturated rings. The van der Waals surface area contributed by atoms with Crippen molar-refractivity contribution in [1.82, 2.24) is 4.98 Å². The van der Waals surface area contributed by atoms with Gasteiger partial charge in [0.1, 0.15) is 5.75 Å². The van der Waals surface area contributed by atoms with Crippen LogP contribution in [0.4, 0.5) is 25.8 Å². The number of nitrogens with zero attached hydrogens (tertiary/aromatic N) is 2. The highest BCUT2D eigenvalue weighted by molar-refractivity contribution is 5.93. The Kier molecular flexibility index (Phi) is 6.72. The molecule has 1 heterocycles. The minimum Gasteiger partial charge on any atom is -0.478 e. The zero-order valence-corrected chi connectivity index (χ0v) is 18.2. The fourth-order valence-electron chi connectivity index (χ4n) is 4.28. The summed E-state index contributed by atoms with van der Waals surface area (Å²) in [4.78, 5) is 17.5. The summed E-state index contributed by atoms with van der Waals surface area (Å²) in [6, 6.07) is 14.4. The molecule has 1 aliphatic carbocycles. The number of hydrogen-bond donors (Lipinski definition) is 2. The first-order valence-corrected chi connectivity index (χ1v) is 10.7. The lowest BCUT2D eigenvalue weighted by Crippen LogP contribution is -2.20. The highest BCUT2D eigenvalue weighted by Gasteiger charge is 2.22. The Morgan fingerprint density at radius 3 is 2.70 bits per heavy atom. The second kappa shape index (κ2) is 9.85. The third kappa shape index (κ3) is 5.22. The molecule has 1 aliphatic rings. The number of carbonyl (C=O) groups is 1. The number of carboxylic acids is 1. The van der Waals surface area contributed by atoms with Gasteiger partial charge >= 0.3 is 12.6 Å². The Labute approximate surface area is 190 Å². The number of hydrogen-bond acceptors (Lipinski definition) is 5. The summed E-state index contributed by atoms with van der Waals surface area (Å²) < 4.78 is 29.2. The zero-order chi connectivity index (χ0) is 23.4. The number of aromatic carboxylic acids is 1. The highest BCUT2D eigenvalue weighted by Crippen LogP contribution is 2.36. The van der Waals surface area contributed by atoms with E-state index in [1.54, 1.807) is 18.3 Å². The average Bonchev–Trinajstić information content (AvgIpc) is 2.82. The van der Waals surface area contributed by atoms with Crippen LogP contribution in [0.2, 0.25) is 0 Å². The summed E-state index contributed by atoms with van der Waals surface area (Å²) in [6.07, 6.45) is 6.06. The molecule has 0 radical (unpaired) electrons. The van der Waals surface area contributed by atoms with E-state index >= 15 is 0 Å². The Balaban J connectivity index is 1.48. The van der Waals surface area contributed by atoms with Crippen LogP contribution in [0.5, 0.6) is 5.75 Å². The maximum absolute atomic E-state index is 12.4. The molecule has 0 unspecified atom stereocenters. The number of fused-ring (bicyclic) bond motifs is 1. The minimum absolute atomic E-state index is 0.127. The number of aryl methyl sites for hydroxylation is 1. The third-order valence-electron chi connectivity index (χ3n) is 5.99. The third-order valence-corrected chi connectivity index (χ3v) is 5.99. The molecule has 0 bridgehead atoms. The summed E-state index contributed by atoms with van der Waals surface area (Å²) in [5.74, 6) is -0.589. The second-order valence-electron chi connectivity index (χ2n) is 8.01. The van der Waals surface area contributed by atoms with Crippen molar-refractivity contribution in [2.45, 2.75) is 31.8 Å². The molecule has 0 amide bonds. The molecule has 8 heteroatoms. The molecule has 2 N–H and O–H groups in total. The molecular formula is C25H25F2N3O3. The number of pyridine rings is 1. The van der Waals surface area contributed by atoms with Crippen molar-refractivity contribution in [3.8, 4) is 5.75 Å². The van der Waals surface area contributed by atoms with Crippen LogP contribution in [-0.4, -0.2) is 36.3 Å². The van der Waals surface area contributed by atoms with Gasteiger partial charge in [-0.05, 0) is 72.9 Å². The summed E-state index contributed by atoms with van der Waals surface area (Å²) in [5, 5.41) is 12.6. The molecule has 33 heavy (non-hydrogen) atoms. The van der Waals surface area contributed by atoms with Crippen molar-refractivity contribution in [2.24, 2.45) is 0 Å². The molecule has 4 rings (SSSR count). The van der Waals surface area contributed by atoms with Crippen LogP contribution in [0.25, 0.3) is 0 Å². The fraction of sp³-hybridized carbons (Fsp3) is 0.280. The Morgan fingerprint density at radius 2 is 1.97 bits per heavy atom. The number of halogens is 2. The predicted molar refractivity (Wildman–Crippen MR) is 123 cm³/mol. The van der Waals surface area contributed by atoms with Gasteiger partial charge in [0.05, 0.1) is 17.4 Å². The van der Waals surface area contributed by atoms with Gasteiger partial charge in [-0.2, -0.15) is 8.78 Å². The van der Waals surface area contributed by atoms with Gasteiger partial charge in [-0.1, -0.05) is 6.07 Å². The van der Waals surface area contributed by atoms with Crippen molar-refractivity contribution in [3.05, 3.63) is 77.6 Å². The molecule has 1 atom stereocenters. The Hall–Kier alpha value is -3.68. The molecule has 0 saturated carbocycles. The van der Waals surface area contributed by atoms with Gasteiger partial charge in [0, 0.05) is 37.1 Å². The number of nitrogens with one attached hydrogen (secondary N) is 1. The molecule has 6 nitrogen and oxygen atoms in total. The molecule has 0 spiro atoms. The summed E-state index contributed by atoms with van der Waals surface area (Å²) in [6.45, 7) is -2.22. The second-order valence-corrected chi connectivity index (χ2v) is 8.01. The lowest BCUT2D eigenvalue weighted by molar-refractivity contribution is -0.0498. The van der Waals surface area contributed by atoms with Gasteiger partial charge in [0.2, 0.25) is 0 Å². The topological polar surface area (TPSA) is 74.7 Å². The van der Waals surface area contributed by atoms with E-state index in [2.05, 4.69) is 27.2 Å². The smallest absolute Gasteiger partial charge is 0.387 e. The van der Waals surface area contributed by atoms with Crippen molar-refractivity contribution >= 4 is 23.0 Å². The van der Waals surface area contributed by atoms with Crippen LogP contribution < -0.4 is 15.0 Å². The number of benzene rings is 2. The first-order chi connectivity index (χ1) is 15.9. The van der Waals surface area contributed by atoms with Gasteiger partial charge in [-0.15, -0.1) is 0 Å². The molecule has 1 aromatic heterocycles. The van der Waals surface area contributed by atoms with E-state index in [0.717, 1.165) is 30.6 Å². The SMILES string of the molecule is CN(c1ccc(OC(F)F)cc1)c1ccc2c(c1)CCC[C@H]2CNc1cnccc1C(=O)O. The van der Waals surface area contributed by atoms with Gasteiger partial charge in [-0.25, -0.2) is 4.79 Å². The van der Waals surface area contributed by atoms with E-state index in [1.807, 2.05) is 18.0 Å². The largest absolute Gasteiger partial charge is 0.478 e.